The van der Waals surface area contributed by atoms with Gasteiger partial charge in [-0.15, -0.1) is 0 Å². The molecule has 0 spiro atoms. The minimum absolute atomic E-state index is 0. The number of fused-ring (bicyclic) bond motifs is 1. The smallest absolute Gasteiger partial charge is 0.0650 e. The summed E-state index contributed by atoms with van der Waals surface area (Å²) in [5.74, 6) is 0. The van der Waals surface area contributed by atoms with Gasteiger partial charge in [-0.25, -0.2) is 0 Å². The Hall–Kier alpha value is -0.687. The second-order valence-electron chi connectivity index (χ2n) is 1.96. The van der Waals surface area contributed by atoms with Crippen LogP contribution < -0.4 is 0 Å². The molecule has 0 bridgehead atoms. The van der Waals surface area contributed by atoms with E-state index >= 15 is 0 Å². The topological polar surface area (TPSA) is 28.7 Å². The third-order valence-electron chi connectivity index (χ3n) is 1.35. The molecule has 0 unspecified atom stereocenters. The number of benzene rings is 1. The standard InChI is InChI=1S/C7H6N2.Ru/c1-2-4-7-6(3-1)5-8-9-7;/h1-5H,(H,8,9);. The maximum Gasteiger partial charge on any atom is 0.0650 e. The van der Waals surface area contributed by atoms with E-state index in [1.54, 1.807) is 0 Å². The van der Waals surface area contributed by atoms with Crippen molar-refractivity contribution in [1.82, 2.24) is 10.2 Å². The first-order valence-electron chi connectivity index (χ1n) is 2.85. The molecule has 0 aliphatic carbocycles. The summed E-state index contributed by atoms with van der Waals surface area (Å²) >= 11 is 0. The molecular formula is C7H6N2Ru. The van der Waals surface area contributed by atoms with Crippen molar-refractivity contribution in [2.24, 2.45) is 0 Å². The van der Waals surface area contributed by atoms with Crippen LogP contribution in [0.1, 0.15) is 0 Å². The van der Waals surface area contributed by atoms with Gasteiger partial charge in [-0.1, -0.05) is 18.2 Å². The summed E-state index contributed by atoms with van der Waals surface area (Å²) in [7, 11) is 0. The number of hydrogen-bond donors (Lipinski definition) is 1. The first kappa shape index (κ1) is 7.42. The minimum Gasteiger partial charge on any atom is -0.278 e. The monoisotopic (exact) mass is 220 g/mol. The molecule has 0 atom stereocenters. The number of aromatic nitrogens is 2. The Morgan fingerprint density at radius 1 is 1.20 bits per heavy atom. The third-order valence-corrected chi connectivity index (χ3v) is 1.35. The molecule has 0 aliphatic heterocycles. The van der Waals surface area contributed by atoms with Crippen LogP contribution in [0.2, 0.25) is 0 Å². The van der Waals surface area contributed by atoms with Crippen LogP contribution in [0, 0.1) is 0 Å². The van der Waals surface area contributed by atoms with Crippen LogP contribution in [0.5, 0.6) is 0 Å². The normalized spacial score (nSPS) is 9.20. The molecule has 0 fully saturated rings. The molecule has 2 rings (SSSR count). The van der Waals surface area contributed by atoms with Crippen LogP contribution in [0.25, 0.3) is 10.9 Å². The predicted octanol–water partition coefficient (Wildman–Crippen LogP) is 1.56. The van der Waals surface area contributed by atoms with Crippen molar-refractivity contribution in [2.45, 2.75) is 0 Å². The number of para-hydroxylation sites is 1. The largest absolute Gasteiger partial charge is 0.278 e. The van der Waals surface area contributed by atoms with E-state index in [1.807, 2.05) is 30.5 Å². The van der Waals surface area contributed by atoms with Gasteiger partial charge < -0.3 is 0 Å². The molecule has 0 amide bonds. The summed E-state index contributed by atoms with van der Waals surface area (Å²) in [6.07, 6.45) is 1.81. The van der Waals surface area contributed by atoms with Gasteiger partial charge in [0.25, 0.3) is 0 Å². The van der Waals surface area contributed by atoms with Crippen LogP contribution in [0.3, 0.4) is 0 Å². The van der Waals surface area contributed by atoms with Gasteiger partial charge in [0, 0.05) is 24.9 Å². The Bertz CT molecular complexity index is 286. The van der Waals surface area contributed by atoms with Crippen LogP contribution in [-0.2, 0) is 19.5 Å². The van der Waals surface area contributed by atoms with E-state index in [4.69, 9.17) is 0 Å². The van der Waals surface area contributed by atoms with E-state index < -0.39 is 0 Å². The molecule has 0 saturated heterocycles. The van der Waals surface area contributed by atoms with Crippen molar-refractivity contribution < 1.29 is 19.5 Å². The van der Waals surface area contributed by atoms with Crippen molar-refractivity contribution in [3.8, 4) is 0 Å². The zero-order chi connectivity index (χ0) is 6.10. The van der Waals surface area contributed by atoms with Crippen molar-refractivity contribution in [2.75, 3.05) is 0 Å². The minimum atomic E-state index is 0. The molecule has 0 aliphatic rings. The van der Waals surface area contributed by atoms with Crippen LogP contribution in [0.4, 0.5) is 0 Å². The van der Waals surface area contributed by atoms with Crippen LogP contribution >= 0.6 is 0 Å². The number of H-pyrrole nitrogens is 1. The van der Waals surface area contributed by atoms with Gasteiger partial charge in [-0.05, 0) is 6.07 Å². The SMILES string of the molecule is [Ru].c1ccc2[nH]ncc2c1. The van der Waals surface area contributed by atoms with Crippen molar-refractivity contribution >= 4 is 10.9 Å². The summed E-state index contributed by atoms with van der Waals surface area (Å²) in [4.78, 5) is 0. The molecule has 1 N–H and O–H groups in total. The zero-order valence-electron chi connectivity index (χ0n) is 5.19. The Kier molecular flexibility index (Phi) is 2.18. The summed E-state index contributed by atoms with van der Waals surface area (Å²) in [5, 5.41) is 7.91. The summed E-state index contributed by atoms with van der Waals surface area (Å²) in [5.41, 5.74) is 1.09. The quantitative estimate of drug-likeness (QED) is 0.669. The Morgan fingerprint density at radius 3 is 2.80 bits per heavy atom. The predicted molar refractivity (Wildman–Crippen MR) is 36.1 cm³/mol. The Morgan fingerprint density at radius 2 is 2.00 bits per heavy atom. The van der Waals surface area contributed by atoms with E-state index in [0.717, 1.165) is 10.9 Å². The molecule has 2 aromatic rings. The first-order chi connectivity index (χ1) is 4.47. The number of aromatic amines is 1. The zero-order valence-corrected chi connectivity index (χ0v) is 6.93. The van der Waals surface area contributed by atoms with Crippen LogP contribution in [0.15, 0.2) is 30.5 Å². The van der Waals surface area contributed by atoms with Crippen molar-refractivity contribution in [3.05, 3.63) is 30.5 Å². The number of nitrogens with one attached hydrogen (secondary N) is 1. The van der Waals surface area contributed by atoms with E-state index in [1.165, 1.54) is 0 Å². The second kappa shape index (κ2) is 2.93. The average Bonchev–Trinajstić information content (AvgIpc) is 2.33. The molecule has 2 nitrogen and oxygen atoms in total. The number of hydrogen-bond acceptors (Lipinski definition) is 1. The summed E-state index contributed by atoms with van der Waals surface area (Å²) in [6, 6.07) is 8.01. The summed E-state index contributed by atoms with van der Waals surface area (Å²) in [6.45, 7) is 0. The molecule has 0 radical (unpaired) electrons. The average molecular weight is 219 g/mol. The van der Waals surface area contributed by atoms with Gasteiger partial charge in [-0.3, -0.25) is 5.10 Å². The fourth-order valence-electron chi connectivity index (χ4n) is 0.883. The third kappa shape index (κ3) is 1.10. The van der Waals surface area contributed by atoms with Crippen LogP contribution in [-0.4, -0.2) is 10.2 Å². The van der Waals surface area contributed by atoms with Gasteiger partial charge in [-0.2, -0.15) is 5.10 Å². The van der Waals surface area contributed by atoms with E-state index in [0.29, 0.717) is 0 Å². The fraction of sp³-hybridized carbons (Fsp3) is 0. The number of rotatable bonds is 0. The Balaban J connectivity index is 0.000000500. The number of nitrogens with zero attached hydrogens (tertiary/aromatic N) is 1. The van der Waals surface area contributed by atoms with E-state index in [9.17, 15) is 0 Å². The summed E-state index contributed by atoms with van der Waals surface area (Å²) < 4.78 is 0. The maximum absolute atomic E-state index is 3.88. The van der Waals surface area contributed by atoms with Gasteiger partial charge in [0.15, 0.2) is 0 Å². The van der Waals surface area contributed by atoms with Gasteiger partial charge in [0.1, 0.15) is 0 Å². The molecule has 3 heteroatoms. The Labute approximate surface area is 71.4 Å². The molecule has 1 aromatic heterocycles. The molecule has 1 aromatic carbocycles. The fourth-order valence-corrected chi connectivity index (χ4v) is 0.883. The van der Waals surface area contributed by atoms with Crippen molar-refractivity contribution in [3.63, 3.8) is 0 Å². The second-order valence-corrected chi connectivity index (χ2v) is 1.96. The van der Waals surface area contributed by atoms with Crippen molar-refractivity contribution in [1.29, 1.82) is 0 Å². The van der Waals surface area contributed by atoms with Gasteiger partial charge >= 0.3 is 0 Å². The molecule has 1 heterocycles. The molecular weight excluding hydrogens is 213 g/mol. The first-order valence-corrected chi connectivity index (χ1v) is 2.85. The molecule has 52 valence electrons. The van der Waals surface area contributed by atoms with E-state index in [2.05, 4.69) is 10.2 Å². The molecule has 0 saturated carbocycles. The van der Waals surface area contributed by atoms with Gasteiger partial charge in [0.2, 0.25) is 0 Å². The van der Waals surface area contributed by atoms with Gasteiger partial charge in [0.05, 0.1) is 11.7 Å². The molecule has 10 heavy (non-hydrogen) atoms. The maximum atomic E-state index is 3.88. The van der Waals surface area contributed by atoms with E-state index in [-0.39, 0.29) is 19.5 Å².